The van der Waals surface area contributed by atoms with Gasteiger partial charge < -0.3 is 14.4 Å². The molecule has 0 amide bonds. The second kappa shape index (κ2) is 20.2. The highest BCUT2D eigenvalue weighted by Crippen LogP contribution is 2.23. The van der Waals surface area contributed by atoms with Crippen molar-refractivity contribution in [1.29, 1.82) is 0 Å². The second-order valence-electron chi connectivity index (χ2n) is 12.3. The zero-order chi connectivity index (χ0) is 31.6. The highest BCUT2D eigenvalue weighted by molar-refractivity contribution is 5.92. The van der Waals surface area contributed by atoms with Crippen molar-refractivity contribution in [3.8, 4) is 5.75 Å². The van der Waals surface area contributed by atoms with Gasteiger partial charge in [-0.2, -0.15) is 0 Å². The number of hydrogen-bond acceptors (Lipinski definition) is 6. The number of anilines is 1. The highest BCUT2D eigenvalue weighted by atomic mass is 19.1. The van der Waals surface area contributed by atoms with Gasteiger partial charge in [0, 0.05) is 31.9 Å². The molecular formula is C37H55FN2O4. The Morgan fingerprint density at radius 2 is 1.34 bits per heavy atom. The molecule has 7 heteroatoms. The molecule has 0 unspecified atom stereocenters. The summed E-state index contributed by atoms with van der Waals surface area (Å²) in [5, 5.41) is 0. The van der Waals surface area contributed by atoms with Gasteiger partial charge in [0.05, 0.1) is 17.2 Å². The van der Waals surface area contributed by atoms with Gasteiger partial charge in [-0.15, -0.1) is 0 Å². The summed E-state index contributed by atoms with van der Waals surface area (Å²) < 4.78 is 25.9. The zero-order valence-corrected chi connectivity index (χ0v) is 27.5. The molecule has 0 radical (unpaired) electrons. The number of carbonyl (C=O) groups excluding carboxylic acids is 2. The maximum Gasteiger partial charge on any atom is 0.346 e. The number of carbonyl (C=O) groups is 2. The molecule has 1 saturated heterocycles. The number of rotatable bonds is 20. The molecule has 2 aromatic carbocycles. The Labute approximate surface area is 265 Å². The summed E-state index contributed by atoms with van der Waals surface area (Å²) >= 11 is 0. The van der Waals surface area contributed by atoms with E-state index in [1.807, 2.05) is 6.92 Å². The SMILES string of the molecule is CCCCCCCCCCCN1CCN(c2ccc(C(=O)Oc3ccc(C(=O)O[C@H](C)CCCCCC)cc3)c(F)c2)CC1. The Morgan fingerprint density at radius 3 is 1.95 bits per heavy atom. The first-order valence-corrected chi connectivity index (χ1v) is 17.2. The molecule has 1 aliphatic heterocycles. The molecule has 0 N–H and O–H groups in total. The average molecular weight is 611 g/mol. The standard InChI is InChI=1S/C37H55FN2O4/c1-4-6-8-10-11-12-13-14-16-24-39-25-27-40(28-26-39)32-20-23-34(35(38)29-32)37(42)44-33-21-18-31(19-22-33)36(41)43-30(3)17-15-9-7-5-2/h18-23,29-30H,4-17,24-28H2,1-3H3/t30-/m1/s1. The van der Waals surface area contributed by atoms with Crippen molar-refractivity contribution in [3.63, 3.8) is 0 Å². The minimum atomic E-state index is -0.768. The number of hydrogen-bond donors (Lipinski definition) is 0. The summed E-state index contributed by atoms with van der Waals surface area (Å²) in [5.74, 6) is -1.53. The third-order valence-electron chi connectivity index (χ3n) is 8.56. The number of ether oxygens (including phenoxy) is 2. The first kappa shape index (κ1) is 35.5. The van der Waals surface area contributed by atoms with Crippen LogP contribution in [0.2, 0.25) is 0 Å². The van der Waals surface area contributed by atoms with Crippen molar-refractivity contribution in [3.05, 3.63) is 59.4 Å². The molecule has 2 aromatic rings. The van der Waals surface area contributed by atoms with Crippen LogP contribution in [-0.2, 0) is 4.74 Å². The molecule has 0 bridgehead atoms. The first-order valence-electron chi connectivity index (χ1n) is 17.2. The molecule has 1 aliphatic rings. The van der Waals surface area contributed by atoms with Crippen molar-refractivity contribution in [2.45, 2.75) is 117 Å². The lowest BCUT2D eigenvalue weighted by Gasteiger charge is -2.36. The lowest BCUT2D eigenvalue weighted by atomic mass is 10.1. The third kappa shape index (κ3) is 12.6. The summed E-state index contributed by atoms with van der Waals surface area (Å²) in [6, 6.07) is 10.9. The summed E-state index contributed by atoms with van der Waals surface area (Å²) in [4.78, 5) is 29.9. The summed E-state index contributed by atoms with van der Waals surface area (Å²) in [7, 11) is 0. The zero-order valence-electron chi connectivity index (χ0n) is 27.5. The molecule has 1 fully saturated rings. The van der Waals surface area contributed by atoms with Crippen LogP contribution >= 0.6 is 0 Å². The maximum atomic E-state index is 15.0. The number of piperazine rings is 1. The predicted molar refractivity (Wildman–Crippen MR) is 177 cm³/mol. The van der Waals surface area contributed by atoms with Crippen LogP contribution in [0.4, 0.5) is 10.1 Å². The van der Waals surface area contributed by atoms with Crippen LogP contribution in [0.3, 0.4) is 0 Å². The molecule has 1 heterocycles. The first-order chi connectivity index (χ1) is 21.4. The molecule has 244 valence electrons. The second-order valence-corrected chi connectivity index (χ2v) is 12.3. The van der Waals surface area contributed by atoms with Crippen LogP contribution < -0.4 is 9.64 Å². The minimum Gasteiger partial charge on any atom is -0.459 e. The minimum absolute atomic E-state index is 0.113. The van der Waals surface area contributed by atoms with Crippen LogP contribution in [0, 0.1) is 5.82 Å². The van der Waals surface area contributed by atoms with E-state index in [2.05, 4.69) is 23.6 Å². The van der Waals surface area contributed by atoms with Crippen LogP contribution in [0.25, 0.3) is 0 Å². The van der Waals surface area contributed by atoms with Crippen LogP contribution in [-0.4, -0.2) is 55.7 Å². The molecule has 0 aliphatic carbocycles. The van der Waals surface area contributed by atoms with Crippen molar-refractivity contribution < 1.29 is 23.5 Å². The summed E-state index contributed by atoms with van der Waals surface area (Å²) in [6.45, 7) is 11.1. The quantitative estimate of drug-likeness (QED) is 0.0846. The molecule has 3 rings (SSSR count). The van der Waals surface area contributed by atoms with Gasteiger partial charge in [-0.25, -0.2) is 14.0 Å². The van der Waals surface area contributed by atoms with Gasteiger partial charge in [0.15, 0.2) is 0 Å². The molecule has 0 aromatic heterocycles. The molecule has 1 atom stereocenters. The van der Waals surface area contributed by atoms with Gasteiger partial charge in [-0.1, -0.05) is 84.5 Å². The predicted octanol–water partition coefficient (Wildman–Crippen LogP) is 9.21. The van der Waals surface area contributed by atoms with Gasteiger partial charge in [-0.3, -0.25) is 4.90 Å². The van der Waals surface area contributed by atoms with E-state index in [0.29, 0.717) is 5.56 Å². The van der Waals surface area contributed by atoms with E-state index in [-0.39, 0.29) is 17.4 Å². The van der Waals surface area contributed by atoms with E-state index in [1.165, 1.54) is 94.9 Å². The smallest absolute Gasteiger partial charge is 0.346 e. The van der Waals surface area contributed by atoms with E-state index in [1.54, 1.807) is 18.2 Å². The number of halogens is 1. The Kier molecular flexibility index (Phi) is 16.3. The summed E-state index contributed by atoms with van der Waals surface area (Å²) in [6.07, 6.45) is 17.2. The number of nitrogens with zero attached hydrogens (tertiary/aromatic N) is 2. The molecule has 44 heavy (non-hydrogen) atoms. The lowest BCUT2D eigenvalue weighted by molar-refractivity contribution is 0.0319. The van der Waals surface area contributed by atoms with Gasteiger partial charge in [0.2, 0.25) is 0 Å². The Balaban J connectivity index is 1.38. The topological polar surface area (TPSA) is 59.1 Å². The van der Waals surface area contributed by atoms with E-state index >= 15 is 4.39 Å². The largest absolute Gasteiger partial charge is 0.459 e. The fraction of sp³-hybridized carbons (Fsp3) is 0.622. The Morgan fingerprint density at radius 1 is 0.750 bits per heavy atom. The summed E-state index contributed by atoms with van der Waals surface area (Å²) in [5.41, 5.74) is 1.05. The molecule has 0 spiro atoms. The monoisotopic (exact) mass is 610 g/mol. The van der Waals surface area contributed by atoms with Gasteiger partial charge in [0.1, 0.15) is 11.6 Å². The van der Waals surface area contributed by atoms with Crippen molar-refractivity contribution in [2.75, 3.05) is 37.6 Å². The Hall–Kier alpha value is -2.93. The van der Waals surface area contributed by atoms with Gasteiger partial charge in [-0.05, 0) is 75.2 Å². The van der Waals surface area contributed by atoms with Crippen molar-refractivity contribution >= 4 is 17.6 Å². The highest BCUT2D eigenvalue weighted by Gasteiger charge is 2.21. The number of benzene rings is 2. The number of unbranched alkanes of at least 4 members (excludes halogenated alkanes) is 11. The normalized spacial score (nSPS) is 14.4. The van der Waals surface area contributed by atoms with E-state index in [9.17, 15) is 9.59 Å². The van der Waals surface area contributed by atoms with Crippen LogP contribution in [0.5, 0.6) is 5.75 Å². The lowest BCUT2D eigenvalue weighted by Crippen LogP contribution is -2.46. The fourth-order valence-electron chi connectivity index (χ4n) is 5.73. The molecule has 0 saturated carbocycles. The van der Waals surface area contributed by atoms with Gasteiger partial charge >= 0.3 is 11.9 Å². The number of esters is 2. The fourth-order valence-corrected chi connectivity index (χ4v) is 5.73. The molecular weight excluding hydrogens is 555 g/mol. The maximum absolute atomic E-state index is 15.0. The van der Waals surface area contributed by atoms with Crippen molar-refractivity contribution in [2.24, 2.45) is 0 Å². The van der Waals surface area contributed by atoms with E-state index in [4.69, 9.17) is 9.47 Å². The van der Waals surface area contributed by atoms with Gasteiger partial charge in [0.25, 0.3) is 0 Å². The van der Waals surface area contributed by atoms with E-state index in [0.717, 1.165) is 57.7 Å². The van der Waals surface area contributed by atoms with E-state index < -0.39 is 17.8 Å². The van der Waals surface area contributed by atoms with Crippen LogP contribution in [0.1, 0.15) is 131 Å². The van der Waals surface area contributed by atoms with Crippen molar-refractivity contribution in [1.82, 2.24) is 4.90 Å². The molecule has 6 nitrogen and oxygen atoms in total. The van der Waals surface area contributed by atoms with Crippen LogP contribution in [0.15, 0.2) is 42.5 Å². The average Bonchev–Trinajstić information content (AvgIpc) is 3.03. The Bertz CT molecular complexity index is 1110. The third-order valence-corrected chi connectivity index (χ3v) is 8.56.